The summed E-state index contributed by atoms with van der Waals surface area (Å²) in [7, 11) is 0. The van der Waals surface area contributed by atoms with Crippen molar-refractivity contribution in [3.8, 4) is 0 Å². The lowest BCUT2D eigenvalue weighted by molar-refractivity contribution is 0.534. The summed E-state index contributed by atoms with van der Waals surface area (Å²) in [5.74, 6) is 0. The van der Waals surface area contributed by atoms with Gasteiger partial charge in [-0.2, -0.15) is 0 Å². The average Bonchev–Trinajstić information content (AvgIpc) is 2.82. The average molecular weight is 307 g/mol. The summed E-state index contributed by atoms with van der Waals surface area (Å²) < 4.78 is 1.63. The van der Waals surface area contributed by atoms with E-state index in [4.69, 9.17) is 0 Å². The highest BCUT2D eigenvalue weighted by atomic mass is 32.2. The van der Waals surface area contributed by atoms with Gasteiger partial charge < -0.3 is 5.32 Å². The van der Waals surface area contributed by atoms with Crippen LogP contribution in [0.1, 0.15) is 38.8 Å². The van der Waals surface area contributed by atoms with Gasteiger partial charge in [0, 0.05) is 18.8 Å². The smallest absolute Gasteiger partial charge is 0.313 e. The molecule has 114 valence electrons. The molecule has 2 aromatic heterocycles. The lowest BCUT2D eigenvalue weighted by Crippen LogP contribution is -2.19. The Hall–Kier alpha value is -1.60. The summed E-state index contributed by atoms with van der Waals surface area (Å²) in [6.07, 6.45) is 2.97. The topological polar surface area (TPSA) is 75.6 Å². The largest absolute Gasteiger partial charge is 0.344 e. The number of hydrogen-bond acceptors (Lipinski definition) is 5. The molecule has 0 aromatic carbocycles. The van der Waals surface area contributed by atoms with Crippen molar-refractivity contribution in [2.45, 2.75) is 50.0 Å². The number of nitrogens with one attached hydrogen (secondary N) is 2. The Labute approximate surface area is 128 Å². The maximum atomic E-state index is 11.7. The van der Waals surface area contributed by atoms with Crippen molar-refractivity contribution >= 4 is 11.8 Å². The van der Waals surface area contributed by atoms with E-state index in [1.807, 2.05) is 32.2 Å². The van der Waals surface area contributed by atoms with E-state index >= 15 is 0 Å². The lowest BCUT2D eigenvalue weighted by atomic mass is 10.3. The SMILES string of the molecule is CCCNCc1ccc(Sc2n[nH]c(=O)n2C(C)C)nc1. The molecule has 0 aliphatic carbocycles. The first-order valence-corrected chi connectivity index (χ1v) is 7.94. The lowest BCUT2D eigenvalue weighted by Gasteiger charge is -2.08. The van der Waals surface area contributed by atoms with Crippen molar-refractivity contribution in [3.63, 3.8) is 0 Å². The molecule has 0 amide bonds. The summed E-state index contributed by atoms with van der Waals surface area (Å²) in [6, 6.07) is 4.07. The predicted octanol–water partition coefficient (Wildman–Crippen LogP) is 2.20. The second kappa shape index (κ2) is 7.42. The molecular formula is C14H21N5OS. The minimum Gasteiger partial charge on any atom is -0.313 e. The van der Waals surface area contributed by atoms with Crippen molar-refractivity contribution < 1.29 is 0 Å². The number of rotatable bonds is 7. The molecule has 0 spiro atoms. The van der Waals surface area contributed by atoms with Crippen LogP contribution in [0.2, 0.25) is 0 Å². The third-order valence-electron chi connectivity index (χ3n) is 2.94. The molecule has 0 fully saturated rings. The van der Waals surface area contributed by atoms with E-state index in [1.165, 1.54) is 11.8 Å². The maximum absolute atomic E-state index is 11.7. The third kappa shape index (κ3) is 4.18. The van der Waals surface area contributed by atoms with Crippen LogP contribution in [0, 0.1) is 0 Å². The molecule has 0 saturated heterocycles. The van der Waals surface area contributed by atoms with Gasteiger partial charge in [-0.1, -0.05) is 13.0 Å². The molecule has 0 bridgehead atoms. The van der Waals surface area contributed by atoms with E-state index < -0.39 is 0 Å². The standard InChI is InChI=1S/C14H21N5OS/c1-4-7-15-8-11-5-6-12(16-9-11)21-14-18-17-13(20)19(14)10(2)3/h5-6,9-10,15H,4,7-8H2,1-3H3,(H,17,20). The molecule has 7 heteroatoms. The quantitative estimate of drug-likeness (QED) is 0.767. The van der Waals surface area contributed by atoms with Crippen LogP contribution in [0.15, 0.2) is 33.3 Å². The Kier molecular flexibility index (Phi) is 5.58. The number of aromatic nitrogens is 4. The molecule has 2 aromatic rings. The van der Waals surface area contributed by atoms with Gasteiger partial charge in [-0.05, 0) is 50.2 Å². The van der Waals surface area contributed by atoms with Crippen molar-refractivity contribution in [1.82, 2.24) is 25.1 Å². The molecule has 2 rings (SSSR count). The third-order valence-corrected chi connectivity index (χ3v) is 3.86. The Morgan fingerprint density at radius 3 is 2.86 bits per heavy atom. The Bertz CT molecular complexity index is 617. The van der Waals surface area contributed by atoms with Gasteiger partial charge >= 0.3 is 5.69 Å². The zero-order valence-corrected chi connectivity index (χ0v) is 13.4. The van der Waals surface area contributed by atoms with Gasteiger partial charge in [-0.15, -0.1) is 5.10 Å². The summed E-state index contributed by atoms with van der Waals surface area (Å²) in [5.41, 5.74) is 0.962. The van der Waals surface area contributed by atoms with Crippen molar-refractivity contribution in [1.29, 1.82) is 0 Å². The normalized spacial score (nSPS) is 11.2. The zero-order chi connectivity index (χ0) is 15.2. The summed E-state index contributed by atoms with van der Waals surface area (Å²) >= 11 is 1.39. The van der Waals surface area contributed by atoms with Gasteiger partial charge in [0.15, 0.2) is 5.16 Å². The molecule has 0 aliphatic rings. The minimum absolute atomic E-state index is 0.0660. The van der Waals surface area contributed by atoms with Crippen LogP contribution in [0.3, 0.4) is 0 Å². The van der Waals surface area contributed by atoms with E-state index in [0.29, 0.717) is 5.16 Å². The fraction of sp³-hybridized carbons (Fsp3) is 0.500. The Morgan fingerprint density at radius 2 is 2.24 bits per heavy atom. The van der Waals surface area contributed by atoms with E-state index in [-0.39, 0.29) is 11.7 Å². The summed E-state index contributed by atoms with van der Waals surface area (Å²) in [6.45, 7) is 7.88. The van der Waals surface area contributed by atoms with Gasteiger partial charge in [0.1, 0.15) is 5.03 Å². The van der Waals surface area contributed by atoms with Crippen molar-refractivity contribution in [3.05, 3.63) is 34.4 Å². The van der Waals surface area contributed by atoms with Gasteiger partial charge in [0.05, 0.1) is 0 Å². The van der Waals surface area contributed by atoms with Crippen molar-refractivity contribution in [2.24, 2.45) is 0 Å². The number of nitrogens with zero attached hydrogens (tertiary/aromatic N) is 3. The molecular weight excluding hydrogens is 286 g/mol. The number of aromatic amines is 1. The van der Waals surface area contributed by atoms with Crippen LogP contribution in [0.4, 0.5) is 0 Å². The van der Waals surface area contributed by atoms with Gasteiger partial charge in [-0.25, -0.2) is 14.9 Å². The van der Waals surface area contributed by atoms with E-state index in [9.17, 15) is 4.79 Å². The molecule has 6 nitrogen and oxygen atoms in total. The summed E-state index contributed by atoms with van der Waals surface area (Å²) in [4.78, 5) is 16.1. The van der Waals surface area contributed by atoms with Gasteiger partial charge in [0.25, 0.3) is 0 Å². The van der Waals surface area contributed by atoms with Gasteiger partial charge in [-0.3, -0.25) is 4.57 Å². The van der Waals surface area contributed by atoms with Crippen LogP contribution < -0.4 is 11.0 Å². The Balaban J connectivity index is 2.05. The molecule has 0 atom stereocenters. The van der Waals surface area contributed by atoms with Gasteiger partial charge in [0.2, 0.25) is 0 Å². The molecule has 0 saturated carbocycles. The predicted molar refractivity (Wildman–Crippen MR) is 83.6 cm³/mol. The summed E-state index contributed by atoms with van der Waals surface area (Å²) in [5, 5.41) is 11.3. The first-order valence-electron chi connectivity index (χ1n) is 7.12. The van der Waals surface area contributed by atoms with E-state index in [0.717, 1.165) is 30.1 Å². The maximum Gasteiger partial charge on any atom is 0.344 e. The number of H-pyrrole nitrogens is 1. The van der Waals surface area contributed by atoms with Crippen LogP contribution in [-0.4, -0.2) is 26.3 Å². The first kappa shape index (κ1) is 15.8. The fourth-order valence-corrected chi connectivity index (χ4v) is 2.81. The van der Waals surface area contributed by atoms with E-state index in [1.54, 1.807) is 4.57 Å². The number of hydrogen-bond donors (Lipinski definition) is 2. The first-order chi connectivity index (χ1) is 10.1. The van der Waals surface area contributed by atoms with Crippen LogP contribution in [-0.2, 0) is 6.54 Å². The second-order valence-corrected chi connectivity index (χ2v) is 6.05. The zero-order valence-electron chi connectivity index (χ0n) is 12.6. The van der Waals surface area contributed by atoms with Crippen LogP contribution >= 0.6 is 11.8 Å². The van der Waals surface area contributed by atoms with E-state index in [2.05, 4.69) is 27.4 Å². The van der Waals surface area contributed by atoms with Crippen LogP contribution in [0.25, 0.3) is 0 Å². The molecule has 2 heterocycles. The molecule has 0 unspecified atom stereocenters. The highest BCUT2D eigenvalue weighted by Gasteiger charge is 2.13. The fourth-order valence-electron chi connectivity index (χ4n) is 1.90. The molecule has 0 radical (unpaired) electrons. The Morgan fingerprint density at radius 1 is 1.43 bits per heavy atom. The van der Waals surface area contributed by atoms with Crippen molar-refractivity contribution in [2.75, 3.05) is 6.54 Å². The highest BCUT2D eigenvalue weighted by Crippen LogP contribution is 2.24. The molecule has 21 heavy (non-hydrogen) atoms. The molecule has 0 aliphatic heterocycles. The monoisotopic (exact) mass is 307 g/mol. The number of pyridine rings is 1. The minimum atomic E-state index is -0.187. The van der Waals surface area contributed by atoms with Crippen LogP contribution in [0.5, 0.6) is 0 Å². The molecule has 2 N–H and O–H groups in total. The second-order valence-electron chi connectivity index (χ2n) is 5.06. The highest BCUT2D eigenvalue weighted by molar-refractivity contribution is 7.99.